The van der Waals surface area contributed by atoms with Crippen molar-refractivity contribution in [3.63, 3.8) is 0 Å². The number of nitrogens with one attached hydrogen (secondary N) is 1. The molecule has 1 atom stereocenters. The summed E-state index contributed by atoms with van der Waals surface area (Å²) >= 11 is 0. The Kier molecular flexibility index (Phi) is 6.31. The average molecular weight is 348 g/mol. The maximum absolute atomic E-state index is 12.1. The highest BCUT2D eigenvalue weighted by Gasteiger charge is 2.11. The van der Waals surface area contributed by atoms with Gasteiger partial charge in [-0.25, -0.2) is 4.98 Å². The first kappa shape index (κ1) is 18.4. The molecule has 0 saturated heterocycles. The van der Waals surface area contributed by atoms with Crippen LogP contribution in [0.3, 0.4) is 0 Å². The molecule has 5 nitrogen and oxygen atoms in total. The van der Waals surface area contributed by atoms with Crippen LogP contribution < -0.4 is 5.32 Å². The van der Waals surface area contributed by atoms with Gasteiger partial charge in [-0.2, -0.15) is 0 Å². The van der Waals surface area contributed by atoms with Crippen molar-refractivity contribution >= 4 is 22.4 Å². The maximum atomic E-state index is 12.1. The second-order valence-electron chi connectivity index (χ2n) is 6.08. The van der Waals surface area contributed by atoms with E-state index in [1.807, 2.05) is 20.8 Å². The first-order valence-corrected chi connectivity index (χ1v) is 9.48. The van der Waals surface area contributed by atoms with Crippen LogP contribution in [0.5, 0.6) is 0 Å². The van der Waals surface area contributed by atoms with Gasteiger partial charge in [0.2, 0.25) is 11.8 Å². The van der Waals surface area contributed by atoms with Crippen LogP contribution in [0.2, 0.25) is 0 Å². The van der Waals surface area contributed by atoms with Gasteiger partial charge in [0, 0.05) is 28.7 Å². The lowest BCUT2D eigenvalue weighted by Gasteiger charge is -2.12. The lowest BCUT2D eigenvalue weighted by atomic mass is 10.0. The zero-order chi connectivity index (χ0) is 17.7. The van der Waals surface area contributed by atoms with Crippen molar-refractivity contribution in [2.75, 3.05) is 11.1 Å². The minimum Gasteiger partial charge on any atom is -0.445 e. The van der Waals surface area contributed by atoms with Crippen molar-refractivity contribution in [3.8, 4) is 0 Å². The number of oxazole rings is 1. The number of aryl methyl sites for hydroxylation is 4. The zero-order valence-electron chi connectivity index (χ0n) is 14.6. The fourth-order valence-electron chi connectivity index (χ4n) is 2.65. The largest absolute Gasteiger partial charge is 0.445 e. The van der Waals surface area contributed by atoms with E-state index in [0.29, 0.717) is 36.0 Å². The molecule has 0 fully saturated rings. The summed E-state index contributed by atoms with van der Waals surface area (Å²) in [5, 5.41) is 2.96. The van der Waals surface area contributed by atoms with Gasteiger partial charge in [0.15, 0.2) is 0 Å². The number of rotatable bonds is 7. The first-order valence-electron chi connectivity index (χ1n) is 7.99. The predicted molar refractivity (Wildman–Crippen MR) is 96.5 cm³/mol. The Morgan fingerprint density at radius 1 is 1.21 bits per heavy atom. The Bertz CT molecular complexity index is 729. The molecular weight excluding hydrogens is 324 g/mol. The topological polar surface area (TPSA) is 72.2 Å². The quantitative estimate of drug-likeness (QED) is 0.830. The number of carbonyl (C=O) groups is 1. The van der Waals surface area contributed by atoms with Crippen LogP contribution in [0.25, 0.3) is 0 Å². The number of aromatic nitrogens is 1. The molecule has 130 valence electrons. The van der Waals surface area contributed by atoms with E-state index in [9.17, 15) is 9.00 Å². The third-order valence-electron chi connectivity index (χ3n) is 3.67. The number of nitrogens with zero attached hydrogens (tertiary/aromatic N) is 1. The molecule has 0 saturated carbocycles. The van der Waals surface area contributed by atoms with E-state index >= 15 is 0 Å². The summed E-state index contributed by atoms with van der Waals surface area (Å²) in [5.41, 5.74) is 4.18. The molecular formula is C18H24N2O3S. The molecule has 0 bridgehead atoms. The van der Waals surface area contributed by atoms with Crippen LogP contribution in [0.15, 0.2) is 22.7 Å². The molecule has 1 aromatic carbocycles. The molecule has 1 N–H and O–H groups in total. The van der Waals surface area contributed by atoms with Gasteiger partial charge in [-0.05, 0) is 45.2 Å². The van der Waals surface area contributed by atoms with Crippen LogP contribution in [-0.4, -0.2) is 20.9 Å². The molecule has 1 aromatic heterocycles. The molecule has 6 heteroatoms. The Labute approximate surface area is 145 Å². The molecule has 1 unspecified atom stereocenters. The van der Waals surface area contributed by atoms with Crippen LogP contribution >= 0.6 is 0 Å². The number of carbonyl (C=O) groups excluding carboxylic acids is 1. The van der Waals surface area contributed by atoms with Crippen molar-refractivity contribution in [3.05, 3.63) is 46.7 Å². The Morgan fingerprint density at radius 2 is 1.88 bits per heavy atom. The third-order valence-corrected chi connectivity index (χ3v) is 4.98. The van der Waals surface area contributed by atoms with Crippen LogP contribution in [-0.2, 0) is 21.3 Å². The second kappa shape index (κ2) is 8.24. The summed E-state index contributed by atoms with van der Waals surface area (Å²) in [5.74, 6) is 1.91. The smallest absolute Gasteiger partial charge is 0.224 e. The fraction of sp³-hybridized carbons (Fsp3) is 0.444. The van der Waals surface area contributed by atoms with Crippen molar-refractivity contribution in [1.82, 2.24) is 4.98 Å². The van der Waals surface area contributed by atoms with Crippen molar-refractivity contribution in [2.45, 2.75) is 46.3 Å². The average Bonchev–Trinajstić information content (AvgIpc) is 2.88. The summed E-state index contributed by atoms with van der Waals surface area (Å²) in [6.45, 7) is 7.82. The highest BCUT2D eigenvalue weighted by atomic mass is 32.2. The summed E-state index contributed by atoms with van der Waals surface area (Å²) < 4.78 is 17.3. The Hall–Kier alpha value is -1.95. The molecule has 0 spiro atoms. The predicted octanol–water partition coefficient (Wildman–Crippen LogP) is 3.58. The van der Waals surface area contributed by atoms with E-state index in [0.717, 1.165) is 16.8 Å². The highest BCUT2D eigenvalue weighted by Crippen LogP contribution is 2.22. The van der Waals surface area contributed by atoms with Gasteiger partial charge in [-0.1, -0.05) is 17.7 Å². The highest BCUT2D eigenvalue weighted by molar-refractivity contribution is 7.84. The summed E-state index contributed by atoms with van der Waals surface area (Å²) in [7, 11) is -1.07. The minimum absolute atomic E-state index is 0.0472. The van der Waals surface area contributed by atoms with Gasteiger partial charge in [-0.15, -0.1) is 0 Å². The Morgan fingerprint density at radius 3 is 2.46 bits per heavy atom. The maximum Gasteiger partial charge on any atom is 0.224 e. The normalized spacial score (nSPS) is 12.2. The van der Waals surface area contributed by atoms with Crippen LogP contribution in [0.4, 0.5) is 5.69 Å². The number of hydrogen-bond donors (Lipinski definition) is 1. The SMILES string of the molecule is Cc1cc(C)c(NC(=O)CCCS(=O)Cc2ncc(C)o2)c(C)c1. The molecule has 24 heavy (non-hydrogen) atoms. The molecule has 2 aromatic rings. The zero-order valence-corrected chi connectivity index (χ0v) is 15.5. The molecule has 0 radical (unpaired) electrons. The van der Waals surface area contributed by atoms with E-state index in [-0.39, 0.29) is 5.91 Å². The lowest BCUT2D eigenvalue weighted by Crippen LogP contribution is -2.14. The van der Waals surface area contributed by atoms with Gasteiger partial charge >= 0.3 is 0 Å². The van der Waals surface area contributed by atoms with Gasteiger partial charge in [0.25, 0.3) is 0 Å². The standard InChI is InChI=1S/C18H24N2O3S/c1-12-8-13(2)18(14(3)9-12)20-16(21)6-5-7-24(22)11-17-19-10-15(4)23-17/h8-10H,5-7,11H2,1-4H3,(H,20,21). The molecule has 2 rings (SSSR count). The number of benzene rings is 1. The molecule has 0 aliphatic rings. The van der Waals surface area contributed by atoms with Gasteiger partial charge in [-0.3, -0.25) is 9.00 Å². The Balaban J connectivity index is 1.78. The fourth-order valence-corrected chi connectivity index (χ4v) is 3.67. The van der Waals surface area contributed by atoms with Crippen molar-refractivity contribution < 1.29 is 13.4 Å². The molecule has 0 aliphatic carbocycles. The summed E-state index contributed by atoms with van der Waals surface area (Å²) in [4.78, 5) is 16.1. The third kappa shape index (κ3) is 5.30. The van der Waals surface area contributed by atoms with Gasteiger partial charge < -0.3 is 9.73 Å². The number of amides is 1. The van der Waals surface area contributed by atoms with Crippen molar-refractivity contribution in [1.29, 1.82) is 0 Å². The number of hydrogen-bond acceptors (Lipinski definition) is 4. The second-order valence-corrected chi connectivity index (χ2v) is 7.65. The van der Waals surface area contributed by atoms with E-state index < -0.39 is 10.8 Å². The van der Waals surface area contributed by atoms with Crippen LogP contribution in [0.1, 0.15) is 41.2 Å². The molecule has 0 aliphatic heterocycles. The van der Waals surface area contributed by atoms with Gasteiger partial charge in [0.05, 0.1) is 6.20 Å². The van der Waals surface area contributed by atoms with Gasteiger partial charge in [0.1, 0.15) is 11.5 Å². The molecule has 1 heterocycles. The monoisotopic (exact) mass is 348 g/mol. The van der Waals surface area contributed by atoms with E-state index in [4.69, 9.17) is 4.42 Å². The van der Waals surface area contributed by atoms with Crippen molar-refractivity contribution in [2.24, 2.45) is 0 Å². The van der Waals surface area contributed by atoms with E-state index in [2.05, 4.69) is 22.4 Å². The molecule has 1 amide bonds. The van der Waals surface area contributed by atoms with Crippen LogP contribution in [0, 0.1) is 27.7 Å². The van der Waals surface area contributed by atoms with E-state index in [1.54, 1.807) is 13.1 Å². The summed E-state index contributed by atoms with van der Waals surface area (Å²) in [6, 6.07) is 4.10. The lowest BCUT2D eigenvalue weighted by molar-refractivity contribution is -0.116. The number of anilines is 1. The summed E-state index contributed by atoms with van der Waals surface area (Å²) in [6.07, 6.45) is 2.54. The minimum atomic E-state index is -1.07. The van der Waals surface area contributed by atoms with E-state index in [1.165, 1.54) is 5.56 Å². The first-order chi connectivity index (χ1) is 11.3.